The van der Waals surface area contributed by atoms with Crippen molar-refractivity contribution in [2.75, 3.05) is 59.2 Å². The van der Waals surface area contributed by atoms with Gasteiger partial charge in [0.15, 0.2) is 0 Å². The van der Waals surface area contributed by atoms with Crippen LogP contribution in [0.15, 0.2) is 72.8 Å². The molecule has 2 fully saturated rings. The molecule has 0 radical (unpaired) electrons. The van der Waals surface area contributed by atoms with Crippen LogP contribution in [0.3, 0.4) is 0 Å². The summed E-state index contributed by atoms with van der Waals surface area (Å²) in [6.07, 6.45) is 5.10. The number of esters is 2. The fourth-order valence-corrected chi connectivity index (χ4v) is 13.1. The second-order valence-corrected chi connectivity index (χ2v) is 19.8. The number of carboxylic acid groups (broad SMARTS) is 2. The van der Waals surface area contributed by atoms with Gasteiger partial charge < -0.3 is 29.2 Å². The van der Waals surface area contributed by atoms with E-state index in [2.05, 4.69) is 0 Å². The number of ether oxygens (including phenoxy) is 4. The zero-order valence-electron chi connectivity index (χ0n) is 29.0. The summed E-state index contributed by atoms with van der Waals surface area (Å²) in [6, 6.07) is 15.4. The molecule has 2 aliphatic heterocycles. The molecule has 53 heavy (non-hydrogen) atoms. The Labute approximate surface area is 336 Å². The zero-order chi connectivity index (χ0) is 37.7. The van der Waals surface area contributed by atoms with Gasteiger partial charge in [0.05, 0.1) is 9.16 Å². The SMILES string of the molecule is O=C(O)C=CC(=O)OC(COc1ccc(Cc2ccc(OCC(CSCCC3SCCS3)OC(=O)C=CC(=O)O)cc2)cc1)CSCCC1SCCS1. The van der Waals surface area contributed by atoms with Crippen LogP contribution in [-0.2, 0) is 35.1 Å². The standard InChI is InChI=1S/C37H44O10S6/c38-32(39)9-11-34(42)46-30(24-48-15-13-36-50-17-18-51-36)22-44-28-5-1-26(2-6-28)21-27-3-7-29(8-4-27)45-23-31(47-35(43)12-10-33(40)41)25-49-16-14-37-52-19-20-53-37/h1-12,30-31,36-37H,13-25H2,(H,38,39)(H,40,41). The highest BCUT2D eigenvalue weighted by Crippen LogP contribution is 2.36. The molecule has 0 amide bonds. The van der Waals surface area contributed by atoms with Gasteiger partial charge in [0, 0.05) is 58.8 Å². The minimum Gasteiger partial charge on any atom is -0.490 e. The monoisotopic (exact) mass is 840 g/mol. The molecule has 2 unspecified atom stereocenters. The van der Waals surface area contributed by atoms with Gasteiger partial charge in [-0.2, -0.15) is 23.5 Å². The predicted octanol–water partition coefficient (Wildman–Crippen LogP) is 7.00. The molecule has 2 saturated heterocycles. The van der Waals surface area contributed by atoms with E-state index in [4.69, 9.17) is 29.2 Å². The topological polar surface area (TPSA) is 146 Å². The number of rotatable bonds is 24. The highest BCUT2D eigenvalue weighted by atomic mass is 32.2. The lowest BCUT2D eigenvalue weighted by atomic mass is 10.0. The molecule has 2 atom stereocenters. The van der Waals surface area contributed by atoms with E-state index < -0.39 is 36.1 Å². The predicted molar refractivity (Wildman–Crippen MR) is 221 cm³/mol. The van der Waals surface area contributed by atoms with Crippen LogP contribution in [0.5, 0.6) is 11.5 Å². The fraction of sp³-hybridized carbons (Fsp3) is 0.459. The van der Waals surface area contributed by atoms with Gasteiger partial charge in [-0.1, -0.05) is 24.3 Å². The number of carbonyl (C=O) groups is 4. The van der Waals surface area contributed by atoms with Crippen LogP contribution in [-0.4, -0.2) is 115 Å². The van der Waals surface area contributed by atoms with E-state index in [0.717, 1.165) is 59.8 Å². The summed E-state index contributed by atoms with van der Waals surface area (Å²) in [4.78, 5) is 46.0. The first-order chi connectivity index (χ1) is 25.7. The van der Waals surface area contributed by atoms with Crippen LogP contribution in [0, 0.1) is 0 Å². The summed E-state index contributed by atoms with van der Waals surface area (Å²) in [5.41, 5.74) is 2.14. The molecular weight excluding hydrogens is 797 g/mol. The van der Waals surface area contributed by atoms with Crippen LogP contribution >= 0.6 is 70.6 Å². The molecular formula is C37H44O10S6. The maximum atomic E-state index is 12.2. The van der Waals surface area contributed by atoms with Crippen molar-refractivity contribution < 1.29 is 48.3 Å². The number of hydrogen-bond acceptors (Lipinski definition) is 14. The second-order valence-electron chi connectivity index (χ2n) is 11.6. The Morgan fingerprint density at radius 1 is 0.623 bits per heavy atom. The van der Waals surface area contributed by atoms with E-state index in [0.29, 0.717) is 38.6 Å². The van der Waals surface area contributed by atoms with Crippen molar-refractivity contribution in [3.05, 3.63) is 84.0 Å². The Morgan fingerprint density at radius 3 is 1.36 bits per heavy atom. The van der Waals surface area contributed by atoms with Crippen LogP contribution in [0.4, 0.5) is 0 Å². The molecule has 0 spiro atoms. The molecule has 2 aliphatic rings. The fourth-order valence-electron chi connectivity index (χ4n) is 4.88. The third-order valence-corrected chi connectivity index (χ3v) is 16.0. The lowest BCUT2D eigenvalue weighted by molar-refractivity contribution is -0.144. The van der Waals surface area contributed by atoms with Gasteiger partial charge in [0.1, 0.15) is 36.9 Å². The Morgan fingerprint density at radius 2 is 1.00 bits per heavy atom. The summed E-state index contributed by atoms with van der Waals surface area (Å²) in [5.74, 6) is 5.09. The summed E-state index contributed by atoms with van der Waals surface area (Å²) in [7, 11) is 0. The average molecular weight is 841 g/mol. The van der Waals surface area contributed by atoms with Crippen LogP contribution in [0.25, 0.3) is 0 Å². The minimum absolute atomic E-state index is 0.143. The second kappa shape index (κ2) is 24.8. The average Bonchev–Trinajstić information content (AvgIpc) is 3.87. The van der Waals surface area contributed by atoms with Crippen LogP contribution in [0.2, 0.25) is 0 Å². The van der Waals surface area contributed by atoms with Gasteiger partial charge in [0.25, 0.3) is 0 Å². The Bertz CT molecular complexity index is 1380. The van der Waals surface area contributed by atoms with Crippen LogP contribution < -0.4 is 9.47 Å². The van der Waals surface area contributed by atoms with Crippen molar-refractivity contribution in [3.8, 4) is 11.5 Å². The summed E-state index contributed by atoms with van der Waals surface area (Å²) in [6.45, 7) is 0.286. The Hall–Kier alpha value is -2.50. The molecule has 0 aliphatic carbocycles. The smallest absolute Gasteiger partial charge is 0.331 e. The third kappa shape index (κ3) is 18.6. The van der Waals surface area contributed by atoms with Crippen molar-refractivity contribution >= 4 is 94.4 Å². The van der Waals surface area contributed by atoms with Crippen molar-refractivity contribution in [1.29, 1.82) is 0 Å². The van der Waals surface area contributed by atoms with E-state index in [1.807, 2.05) is 95.6 Å². The summed E-state index contributed by atoms with van der Waals surface area (Å²) in [5, 5.41) is 17.7. The van der Waals surface area contributed by atoms with Crippen molar-refractivity contribution in [2.24, 2.45) is 0 Å². The van der Waals surface area contributed by atoms with Crippen molar-refractivity contribution in [3.63, 3.8) is 0 Å². The summed E-state index contributed by atoms with van der Waals surface area (Å²) < 4.78 is 24.2. The molecule has 2 aromatic carbocycles. The molecule has 2 N–H and O–H groups in total. The number of hydrogen-bond donors (Lipinski definition) is 2. The maximum Gasteiger partial charge on any atom is 0.331 e. The van der Waals surface area contributed by atoms with E-state index >= 15 is 0 Å². The molecule has 2 aromatic rings. The minimum atomic E-state index is -1.22. The molecule has 16 heteroatoms. The molecule has 2 heterocycles. The molecule has 0 bridgehead atoms. The molecule has 0 saturated carbocycles. The van der Waals surface area contributed by atoms with Gasteiger partial charge in [-0.15, -0.1) is 47.0 Å². The normalized spacial score (nSPS) is 16.2. The summed E-state index contributed by atoms with van der Waals surface area (Å²) >= 11 is 11.3. The van der Waals surface area contributed by atoms with Gasteiger partial charge in [-0.3, -0.25) is 0 Å². The van der Waals surface area contributed by atoms with E-state index in [-0.39, 0.29) is 13.2 Å². The number of thioether (sulfide) groups is 6. The lowest BCUT2D eigenvalue weighted by Gasteiger charge is -2.18. The number of carboxylic acids is 2. The third-order valence-electron chi connectivity index (χ3n) is 7.40. The number of aliphatic carboxylic acids is 2. The van der Waals surface area contributed by atoms with Gasteiger partial charge >= 0.3 is 23.9 Å². The maximum absolute atomic E-state index is 12.2. The Balaban J connectivity index is 1.23. The van der Waals surface area contributed by atoms with E-state index in [1.165, 1.54) is 23.0 Å². The van der Waals surface area contributed by atoms with Gasteiger partial charge in [-0.25, -0.2) is 19.2 Å². The number of carbonyl (C=O) groups excluding carboxylic acids is 2. The highest BCUT2D eigenvalue weighted by Gasteiger charge is 2.20. The first kappa shape index (κ1) is 43.2. The van der Waals surface area contributed by atoms with Crippen molar-refractivity contribution in [1.82, 2.24) is 0 Å². The highest BCUT2D eigenvalue weighted by molar-refractivity contribution is 8.20. The van der Waals surface area contributed by atoms with Crippen LogP contribution in [0.1, 0.15) is 24.0 Å². The van der Waals surface area contributed by atoms with Gasteiger partial charge in [0.2, 0.25) is 0 Å². The van der Waals surface area contributed by atoms with Crippen molar-refractivity contribution in [2.45, 2.75) is 40.6 Å². The molecule has 10 nitrogen and oxygen atoms in total. The first-order valence-corrected chi connectivity index (χ1v) is 23.5. The Kier molecular flexibility index (Phi) is 20.2. The number of benzene rings is 2. The quantitative estimate of drug-likeness (QED) is 0.0635. The molecule has 288 valence electrons. The zero-order valence-corrected chi connectivity index (χ0v) is 33.9. The largest absolute Gasteiger partial charge is 0.490 e. The molecule has 0 aromatic heterocycles. The first-order valence-electron chi connectivity index (χ1n) is 17.0. The molecule has 4 rings (SSSR count). The van der Waals surface area contributed by atoms with E-state index in [9.17, 15) is 19.2 Å². The lowest BCUT2D eigenvalue weighted by Crippen LogP contribution is -2.27. The van der Waals surface area contributed by atoms with Gasteiger partial charge in [-0.05, 0) is 66.2 Å². The van der Waals surface area contributed by atoms with E-state index in [1.54, 1.807) is 23.5 Å².